The largest absolute Gasteiger partial charge is 0.456 e. The summed E-state index contributed by atoms with van der Waals surface area (Å²) in [5.74, 6) is -0.347. The fourth-order valence-electron chi connectivity index (χ4n) is 5.07. The van der Waals surface area contributed by atoms with Crippen LogP contribution < -0.4 is 0 Å². The second kappa shape index (κ2) is 15.9. The molecule has 2 aromatic rings. The number of carbonyl (C=O) groups is 1. The minimum absolute atomic E-state index is 0.119. The van der Waals surface area contributed by atoms with E-state index in [1.165, 1.54) is 7.11 Å². The molecule has 0 fully saturated rings. The summed E-state index contributed by atoms with van der Waals surface area (Å²) < 4.78 is 35.8. The van der Waals surface area contributed by atoms with E-state index in [1.807, 2.05) is 12.1 Å². The van der Waals surface area contributed by atoms with Gasteiger partial charge in [0.05, 0.1) is 19.2 Å². The van der Waals surface area contributed by atoms with Crippen LogP contribution in [0.25, 0.3) is 10.9 Å². The average molecular weight is 727 g/mol. The summed E-state index contributed by atoms with van der Waals surface area (Å²) >= 11 is 0. The Labute approximate surface area is 283 Å². The summed E-state index contributed by atoms with van der Waals surface area (Å²) in [5, 5.41) is 5.19. The smallest absolute Gasteiger partial charge is 0.310 e. The topological polar surface area (TPSA) is 89.7 Å². The normalized spacial score (nSPS) is 16.4. The maximum Gasteiger partial charge on any atom is 0.310 e. The minimum atomic E-state index is -2.24. The van der Waals surface area contributed by atoms with Crippen molar-refractivity contribution in [2.45, 2.75) is 129 Å². The Hall–Kier alpha value is -1.38. The van der Waals surface area contributed by atoms with Gasteiger partial charge in [-0.05, 0) is 96.4 Å². The molecule has 0 amide bonds. The highest BCUT2D eigenvalue weighted by atomic mass is 28.4. The van der Waals surface area contributed by atoms with Crippen molar-refractivity contribution in [1.82, 2.24) is 4.23 Å². The van der Waals surface area contributed by atoms with Crippen LogP contribution in [-0.2, 0) is 38.5 Å². The van der Waals surface area contributed by atoms with Crippen molar-refractivity contribution < 1.29 is 32.1 Å². The van der Waals surface area contributed by atoms with Crippen molar-refractivity contribution in [3.8, 4) is 0 Å². The van der Waals surface area contributed by atoms with Crippen molar-refractivity contribution in [1.29, 1.82) is 0 Å². The van der Waals surface area contributed by atoms with Gasteiger partial charge in [0.2, 0.25) is 0 Å². The highest BCUT2D eigenvalue weighted by Crippen LogP contribution is 2.29. The van der Waals surface area contributed by atoms with E-state index in [-0.39, 0.29) is 19.0 Å². The van der Waals surface area contributed by atoms with Crippen LogP contribution in [0.1, 0.15) is 5.56 Å². The number of benzene rings is 1. The number of esters is 1. The van der Waals surface area contributed by atoms with Gasteiger partial charge in [-0.3, -0.25) is 4.79 Å². The fourth-order valence-corrected chi connectivity index (χ4v) is 10.4. The van der Waals surface area contributed by atoms with Gasteiger partial charge < -0.3 is 31.5 Å². The molecule has 0 aliphatic heterocycles. The zero-order chi connectivity index (χ0) is 35.3. The van der Waals surface area contributed by atoms with Gasteiger partial charge in [-0.1, -0.05) is 43.0 Å². The number of oxime groups is 1. The molecule has 0 saturated carbocycles. The van der Waals surface area contributed by atoms with Crippen LogP contribution in [0.15, 0.2) is 35.6 Å². The zero-order valence-electron chi connectivity index (χ0n) is 31.4. The molecule has 0 aliphatic rings. The number of rotatable bonds is 18. The van der Waals surface area contributed by atoms with E-state index in [9.17, 15) is 4.79 Å². The van der Waals surface area contributed by atoms with Crippen LogP contribution in [-0.4, -0.2) is 96.1 Å². The summed E-state index contributed by atoms with van der Waals surface area (Å²) in [5.41, 5.74) is 2.09. The molecular formula is C32H62N2O7Si5. The summed E-state index contributed by atoms with van der Waals surface area (Å²) in [7, 11) is -8.74. The second-order valence-corrected chi connectivity index (χ2v) is 39.6. The Balaban J connectivity index is 2.72. The van der Waals surface area contributed by atoms with Crippen LogP contribution in [0.4, 0.5) is 0 Å². The molecule has 46 heavy (non-hydrogen) atoms. The number of ether oxygens (including phenoxy) is 1. The molecule has 1 aromatic heterocycles. The molecular weight excluding hydrogens is 665 g/mol. The Morgan fingerprint density at radius 3 is 1.85 bits per heavy atom. The maximum atomic E-state index is 14.2. The van der Waals surface area contributed by atoms with Crippen LogP contribution >= 0.6 is 0 Å². The van der Waals surface area contributed by atoms with Gasteiger partial charge in [0.25, 0.3) is 0 Å². The van der Waals surface area contributed by atoms with E-state index in [4.69, 9.17) is 27.3 Å². The first-order chi connectivity index (χ1) is 20.8. The molecule has 2 rings (SSSR count). The molecule has 1 aromatic carbocycles. The number of hydrogen-bond donors (Lipinski definition) is 0. The minimum Gasteiger partial charge on any atom is -0.456 e. The van der Waals surface area contributed by atoms with Gasteiger partial charge in [0, 0.05) is 10.9 Å². The number of para-hydroxylation sites is 1. The highest BCUT2D eigenvalue weighted by Gasteiger charge is 2.45. The lowest BCUT2D eigenvalue weighted by Gasteiger charge is -2.42. The molecule has 0 saturated heterocycles. The molecule has 1 heterocycles. The lowest BCUT2D eigenvalue weighted by molar-refractivity contribution is -0.166. The molecule has 0 bridgehead atoms. The second-order valence-electron chi connectivity index (χ2n) is 16.9. The van der Waals surface area contributed by atoms with Crippen molar-refractivity contribution >= 4 is 64.6 Å². The third-order valence-corrected chi connectivity index (χ3v) is 12.4. The van der Waals surface area contributed by atoms with Gasteiger partial charge in [-0.15, -0.1) is 0 Å². The maximum absolute atomic E-state index is 14.2. The third kappa shape index (κ3) is 14.0. The first-order valence-electron chi connectivity index (χ1n) is 16.3. The molecule has 0 spiro atoms. The molecule has 9 nitrogen and oxygen atoms in total. The summed E-state index contributed by atoms with van der Waals surface area (Å²) in [6, 6.07) is 8.28. The summed E-state index contributed by atoms with van der Waals surface area (Å²) in [6.07, 6.45) is 1.16. The Morgan fingerprint density at radius 1 is 0.783 bits per heavy atom. The van der Waals surface area contributed by atoms with E-state index < -0.39 is 65.9 Å². The number of hydrogen-bond acceptors (Lipinski definition) is 8. The number of aromatic nitrogens is 1. The Morgan fingerprint density at radius 2 is 1.35 bits per heavy atom. The zero-order valence-corrected chi connectivity index (χ0v) is 36.4. The van der Waals surface area contributed by atoms with Crippen molar-refractivity contribution in [2.75, 3.05) is 13.7 Å². The molecule has 0 radical (unpaired) electrons. The van der Waals surface area contributed by atoms with E-state index in [0.29, 0.717) is 0 Å². The predicted octanol–water partition coefficient (Wildman–Crippen LogP) is 7.92. The van der Waals surface area contributed by atoms with Crippen molar-refractivity contribution in [3.63, 3.8) is 0 Å². The lowest BCUT2D eigenvalue weighted by atomic mass is 10.0. The molecule has 4 atom stereocenters. The molecule has 0 aliphatic carbocycles. The van der Waals surface area contributed by atoms with Gasteiger partial charge >= 0.3 is 5.97 Å². The molecule has 14 heteroatoms. The van der Waals surface area contributed by atoms with E-state index in [2.05, 4.69) is 126 Å². The number of carbonyl (C=O) groups excluding carboxylic acids is 1. The lowest BCUT2D eigenvalue weighted by Crippen LogP contribution is -2.58. The Bertz CT molecular complexity index is 1300. The van der Waals surface area contributed by atoms with Crippen LogP contribution in [0.2, 0.25) is 98.2 Å². The van der Waals surface area contributed by atoms with Crippen molar-refractivity contribution in [3.05, 3.63) is 36.0 Å². The SMILES string of the molecule is CO/N=C/[C@H](O[Si](C)(C)C)[C@@H](O[Si](C)(C)C)[C@H](OC(=O)Cc1cn([Si](C)(C)C)c2ccccc12)[C@@H](CO[Si](C)(C)C)O[Si](C)(C)C. The predicted molar refractivity (Wildman–Crippen MR) is 204 cm³/mol. The van der Waals surface area contributed by atoms with Gasteiger partial charge in [-0.2, -0.15) is 0 Å². The Kier molecular flexibility index (Phi) is 14.1. The van der Waals surface area contributed by atoms with E-state index in [1.54, 1.807) is 6.21 Å². The van der Waals surface area contributed by atoms with Crippen LogP contribution in [0, 0.1) is 0 Å². The number of fused-ring (bicyclic) bond motifs is 1. The first kappa shape index (κ1) is 40.8. The molecule has 262 valence electrons. The van der Waals surface area contributed by atoms with Gasteiger partial charge in [0.15, 0.2) is 47.6 Å². The fraction of sp³-hybridized carbons (Fsp3) is 0.688. The van der Waals surface area contributed by atoms with Gasteiger partial charge in [-0.25, -0.2) is 0 Å². The standard InChI is InChI=1S/C32H62N2O7Si5/c1-36-33-22-28(39-44(8,9)10)32(41-46(14,15)16)31(29(40-45(11,12)13)24-37-43(5,6)7)38-30(35)21-25-23-34(42(2,3)4)27-20-18-17-19-26(25)27/h17-20,22-23,28-29,31-32H,21,24H2,1-16H3/b33-22+/t28-,29+,31+,32+/m0/s1. The number of nitrogens with zero attached hydrogens (tertiary/aromatic N) is 2. The van der Waals surface area contributed by atoms with Gasteiger partial charge in [0.1, 0.15) is 25.4 Å². The third-order valence-electron chi connectivity index (χ3n) is 6.61. The average Bonchev–Trinajstić information content (AvgIpc) is 3.23. The van der Waals surface area contributed by atoms with E-state index >= 15 is 0 Å². The summed E-state index contributed by atoms with van der Waals surface area (Å²) in [4.78, 5) is 19.3. The monoisotopic (exact) mass is 726 g/mol. The molecule has 0 N–H and O–H groups in total. The quantitative estimate of drug-likeness (QED) is 0.0668. The van der Waals surface area contributed by atoms with E-state index in [0.717, 1.165) is 16.5 Å². The summed E-state index contributed by atoms with van der Waals surface area (Å²) in [6.45, 7) is 32.7. The van der Waals surface area contributed by atoms with Crippen LogP contribution in [0.5, 0.6) is 0 Å². The first-order valence-corrected chi connectivity index (χ1v) is 33.4. The molecule has 0 unspecified atom stereocenters. The highest BCUT2D eigenvalue weighted by molar-refractivity contribution is 6.75. The van der Waals surface area contributed by atoms with Crippen LogP contribution in [0.3, 0.4) is 0 Å². The van der Waals surface area contributed by atoms with Crippen molar-refractivity contribution in [2.24, 2.45) is 5.16 Å².